The van der Waals surface area contributed by atoms with Crippen LogP contribution in [-0.4, -0.2) is 37.3 Å². The van der Waals surface area contributed by atoms with Crippen molar-refractivity contribution < 1.29 is 23.4 Å². The normalized spacial score (nSPS) is 10.3. The third kappa shape index (κ3) is 6.56. The molecule has 0 atom stereocenters. The summed E-state index contributed by atoms with van der Waals surface area (Å²) in [7, 11) is 0. The monoisotopic (exact) mass is 274 g/mol. The van der Waals surface area contributed by atoms with Crippen LogP contribution in [0.15, 0.2) is 24.3 Å². The first-order valence-corrected chi connectivity index (χ1v) is 5.74. The van der Waals surface area contributed by atoms with Crippen molar-refractivity contribution in [3.63, 3.8) is 0 Å². The standard InChI is InChI=1S/C12H16F2N2O3/c13-11(14)8-19-10-3-1-2-9(6-10)7-16-12(18)15-4-5-17/h1-3,6,11,17H,4-5,7-8H2,(H2,15,16,18). The Hall–Kier alpha value is -1.89. The molecule has 5 nitrogen and oxygen atoms in total. The van der Waals surface area contributed by atoms with Crippen molar-refractivity contribution in [2.24, 2.45) is 0 Å². The summed E-state index contributed by atoms with van der Waals surface area (Å²) >= 11 is 0. The molecule has 0 saturated heterocycles. The fourth-order valence-electron chi connectivity index (χ4n) is 1.32. The second kappa shape index (κ2) is 8.25. The molecule has 19 heavy (non-hydrogen) atoms. The lowest BCUT2D eigenvalue weighted by molar-refractivity contribution is 0.0818. The first-order valence-electron chi connectivity index (χ1n) is 5.74. The molecule has 0 saturated carbocycles. The number of ether oxygens (including phenoxy) is 1. The molecule has 7 heteroatoms. The van der Waals surface area contributed by atoms with E-state index in [0.717, 1.165) is 5.56 Å². The van der Waals surface area contributed by atoms with Gasteiger partial charge in [-0.05, 0) is 17.7 Å². The quantitative estimate of drug-likeness (QED) is 0.698. The number of halogens is 2. The van der Waals surface area contributed by atoms with Gasteiger partial charge in [0.25, 0.3) is 6.43 Å². The van der Waals surface area contributed by atoms with Crippen molar-refractivity contribution >= 4 is 6.03 Å². The first kappa shape index (κ1) is 15.2. The topological polar surface area (TPSA) is 70.6 Å². The Morgan fingerprint density at radius 2 is 2.16 bits per heavy atom. The Morgan fingerprint density at radius 1 is 1.37 bits per heavy atom. The van der Waals surface area contributed by atoms with Gasteiger partial charge in [-0.25, -0.2) is 13.6 Å². The molecule has 0 aliphatic carbocycles. The molecule has 0 unspecified atom stereocenters. The highest BCUT2D eigenvalue weighted by Gasteiger charge is 2.04. The average Bonchev–Trinajstić information content (AvgIpc) is 2.41. The summed E-state index contributed by atoms with van der Waals surface area (Å²) in [5, 5.41) is 13.5. The zero-order chi connectivity index (χ0) is 14.1. The van der Waals surface area contributed by atoms with Crippen molar-refractivity contribution in [3.05, 3.63) is 29.8 Å². The molecule has 1 aromatic carbocycles. The van der Waals surface area contributed by atoms with Gasteiger partial charge in [-0.1, -0.05) is 12.1 Å². The highest BCUT2D eigenvalue weighted by atomic mass is 19.3. The van der Waals surface area contributed by atoms with Crippen molar-refractivity contribution in [2.75, 3.05) is 19.8 Å². The number of amides is 2. The van der Waals surface area contributed by atoms with Crippen molar-refractivity contribution in [3.8, 4) is 5.75 Å². The predicted molar refractivity (Wildman–Crippen MR) is 65.3 cm³/mol. The van der Waals surface area contributed by atoms with E-state index in [1.54, 1.807) is 24.3 Å². The van der Waals surface area contributed by atoms with E-state index in [0.29, 0.717) is 5.75 Å². The number of aliphatic hydroxyl groups excluding tert-OH is 1. The third-order valence-electron chi connectivity index (χ3n) is 2.12. The molecule has 1 rings (SSSR count). The Kier molecular flexibility index (Phi) is 6.59. The highest BCUT2D eigenvalue weighted by Crippen LogP contribution is 2.14. The number of carbonyl (C=O) groups excluding carboxylic acids is 1. The minimum absolute atomic E-state index is 0.135. The number of hydrogen-bond donors (Lipinski definition) is 3. The maximum absolute atomic E-state index is 12.0. The van der Waals surface area contributed by atoms with Gasteiger partial charge in [-0.3, -0.25) is 0 Å². The summed E-state index contributed by atoms with van der Waals surface area (Å²) in [6.45, 7) is -0.384. The van der Waals surface area contributed by atoms with Gasteiger partial charge in [-0.2, -0.15) is 0 Å². The minimum atomic E-state index is -2.52. The molecule has 2 amide bonds. The van der Waals surface area contributed by atoms with E-state index >= 15 is 0 Å². The molecule has 0 heterocycles. The van der Waals surface area contributed by atoms with Gasteiger partial charge in [0, 0.05) is 13.1 Å². The number of hydrogen-bond acceptors (Lipinski definition) is 3. The van der Waals surface area contributed by atoms with Crippen LogP contribution in [0.2, 0.25) is 0 Å². The fourth-order valence-corrected chi connectivity index (χ4v) is 1.32. The lowest BCUT2D eigenvalue weighted by atomic mass is 10.2. The number of rotatable bonds is 7. The number of aliphatic hydroxyl groups is 1. The van der Waals surface area contributed by atoms with Gasteiger partial charge in [0.1, 0.15) is 12.4 Å². The summed E-state index contributed by atoms with van der Waals surface area (Å²) in [4.78, 5) is 11.2. The Bertz CT molecular complexity index is 402. The maximum atomic E-state index is 12.0. The van der Waals surface area contributed by atoms with Gasteiger partial charge >= 0.3 is 6.03 Å². The zero-order valence-corrected chi connectivity index (χ0v) is 10.2. The molecule has 0 spiro atoms. The first-order chi connectivity index (χ1) is 9.11. The molecule has 106 valence electrons. The van der Waals surface area contributed by atoms with Crippen LogP contribution in [0.3, 0.4) is 0 Å². The van der Waals surface area contributed by atoms with Gasteiger partial charge in [0.2, 0.25) is 0 Å². The Morgan fingerprint density at radius 3 is 2.84 bits per heavy atom. The molecule has 0 aliphatic heterocycles. The average molecular weight is 274 g/mol. The summed E-state index contributed by atoms with van der Waals surface area (Å²) in [5.74, 6) is 0.329. The van der Waals surface area contributed by atoms with Crippen LogP contribution >= 0.6 is 0 Å². The van der Waals surface area contributed by atoms with Gasteiger partial charge in [-0.15, -0.1) is 0 Å². The molecule has 1 aromatic rings. The molecule has 0 aliphatic rings. The van der Waals surface area contributed by atoms with Crippen LogP contribution in [0.1, 0.15) is 5.56 Å². The van der Waals surface area contributed by atoms with E-state index in [-0.39, 0.29) is 19.7 Å². The minimum Gasteiger partial charge on any atom is -0.488 e. The SMILES string of the molecule is O=C(NCCO)NCc1cccc(OCC(F)F)c1. The zero-order valence-electron chi connectivity index (χ0n) is 10.2. The van der Waals surface area contributed by atoms with E-state index in [1.165, 1.54) is 0 Å². The lowest BCUT2D eigenvalue weighted by Crippen LogP contribution is -2.36. The van der Waals surface area contributed by atoms with E-state index < -0.39 is 19.1 Å². The Labute approximate surface area is 109 Å². The largest absolute Gasteiger partial charge is 0.488 e. The molecule has 0 aromatic heterocycles. The molecule has 0 fully saturated rings. The molecular formula is C12H16F2N2O3. The second-order valence-corrected chi connectivity index (χ2v) is 3.68. The van der Waals surface area contributed by atoms with Crippen LogP contribution in [0.5, 0.6) is 5.75 Å². The fraction of sp³-hybridized carbons (Fsp3) is 0.417. The smallest absolute Gasteiger partial charge is 0.315 e. The van der Waals surface area contributed by atoms with Crippen molar-refractivity contribution in [1.82, 2.24) is 10.6 Å². The van der Waals surface area contributed by atoms with Gasteiger partial charge in [0.15, 0.2) is 0 Å². The van der Waals surface area contributed by atoms with Crippen LogP contribution < -0.4 is 15.4 Å². The Balaban J connectivity index is 2.41. The molecule has 3 N–H and O–H groups in total. The lowest BCUT2D eigenvalue weighted by Gasteiger charge is -2.09. The van der Waals surface area contributed by atoms with E-state index in [1.807, 2.05) is 0 Å². The maximum Gasteiger partial charge on any atom is 0.315 e. The van der Waals surface area contributed by atoms with E-state index in [9.17, 15) is 13.6 Å². The van der Waals surface area contributed by atoms with Crippen LogP contribution in [-0.2, 0) is 6.54 Å². The molecule has 0 radical (unpaired) electrons. The van der Waals surface area contributed by atoms with Gasteiger partial charge < -0.3 is 20.5 Å². The molecule has 0 bridgehead atoms. The third-order valence-corrected chi connectivity index (χ3v) is 2.12. The summed E-state index contributed by atoms with van der Waals surface area (Å²) in [6, 6.07) is 6.13. The number of benzene rings is 1. The van der Waals surface area contributed by atoms with Crippen LogP contribution in [0, 0.1) is 0 Å². The van der Waals surface area contributed by atoms with Crippen LogP contribution in [0.4, 0.5) is 13.6 Å². The summed E-state index contributed by atoms with van der Waals surface area (Å²) in [6.07, 6.45) is -2.52. The van der Waals surface area contributed by atoms with Crippen molar-refractivity contribution in [1.29, 1.82) is 0 Å². The van der Waals surface area contributed by atoms with Crippen molar-refractivity contribution in [2.45, 2.75) is 13.0 Å². The molecular weight excluding hydrogens is 258 g/mol. The number of alkyl halides is 2. The highest BCUT2D eigenvalue weighted by molar-refractivity contribution is 5.73. The van der Waals surface area contributed by atoms with Gasteiger partial charge in [0.05, 0.1) is 6.61 Å². The number of carbonyl (C=O) groups is 1. The number of urea groups is 1. The second-order valence-electron chi connectivity index (χ2n) is 3.68. The van der Waals surface area contributed by atoms with E-state index in [4.69, 9.17) is 9.84 Å². The summed E-state index contributed by atoms with van der Waals surface area (Å²) in [5.41, 5.74) is 0.728. The summed E-state index contributed by atoms with van der Waals surface area (Å²) < 4.78 is 28.8. The number of nitrogens with one attached hydrogen (secondary N) is 2. The van der Waals surface area contributed by atoms with E-state index in [2.05, 4.69) is 10.6 Å². The predicted octanol–water partition coefficient (Wildman–Crippen LogP) is 1.12. The van der Waals surface area contributed by atoms with Crippen LogP contribution in [0.25, 0.3) is 0 Å².